The molecule has 3 saturated carbocycles. The van der Waals surface area contributed by atoms with Crippen LogP contribution in [0.1, 0.15) is 80.6 Å². The lowest BCUT2D eigenvalue weighted by Crippen LogP contribution is -2.50. The number of rotatable bonds is 9. The van der Waals surface area contributed by atoms with Gasteiger partial charge >= 0.3 is 5.97 Å². The van der Waals surface area contributed by atoms with E-state index in [0.717, 1.165) is 45.3 Å². The number of carboxylic acids is 1. The van der Waals surface area contributed by atoms with Gasteiger partial charge in [0.05, 0.1) is 35.7 Å². The summed E-state index contributed by atoms with van der Waals surface area (Å²) in [6, 6.07) is 4.91. The van der Waals surface area contributed by atoms with Gasteiger partial charge in [0.1, 0.15) is 17.6 Å². The van der Waals surface area contributed by atoms with E-state index in [1.807, 2.05) is 0 Å². The molecule has 4 fully saturated rings. The summed E-state index contributed by atoms with van der Waals surface area (Å²) in [5.74, 6) is 0.0179. The van der Waals surface area contributed by atoms with Crippen molar-refractivity contribution in [1.82, 2.24) is 10.6 Å². The highest BCUT2D eigenvalue weighted by Gasteiger charge is 2.51. The van der Waals surface area contributed by atoms with E-state index >= 15 is 0 Å². The fourth-order valence-electron chi connectivity index (χ4n) is 7.25. The van der Waals surface area contributed by atoms with Crippen LogP contribution in [0.15, 0.2) is 12.1 Å². The van der Waals surface area contributed by atoms with Crippen molar-refractivity contribution in [2.75, 3.05) is 26.9 Å². The summed E-state index contributed by atoms with van der Waals surface area (Å²) < 4.78 is 17.1. The van der Waals surface area contributed by atoms with Gasteiger partial charge in [-0.3, -0.25) is 14.4 Å². The Bertz CT molecular complexity index is 1200. The van der Waals surface area contributed by atoms with Gasteiger partial charge in [-0.15, -0.1) is 0 Å². The Morgan fingerprint density at radius 2 is 1.78 bits per heavy atom. The number of ether oxygens (including phenoxy) is 3. The molecule has 4 unspecified atom stereocenters. The largest absolute Gasteiger partial charge is 0.496 e. The monoisotopic (exact) mass is 567 g/mol. The topological polar surface area (TPSA) is 147 Å². The Hall–Kier alpha value is -3.32. The standard InChI is InChI=1S/C31H41N3O7/c1-31(30(37)38)9-5-22(6-10-31)41-24-15-23(25(39-2)14-21(24)16-32)28(35)34-27-20-4-3-19(13-20)26(27)29(36)33-17-18-7-11-40-12-8-18/h14-15,18-20,22,26-27H,3-13,17H2,1-2H3,(H,33,36)(H,34,35)(H,37,38). The van der Waals surface area contributed by atoms with Crippen molar-refractivity contribution in [3.63, 3.8) is 0 Å². The minimum absolute atomic E-state index is 0.00969. The van der Waals surface area contributed by atoms with Gasteiger partial charge in [0.25, 0.3) is 5.91 Å². The number of carboxylic acid groups (broad SMARTS) is 1. The van der Waals surface area contributed by atoms with Gasteiger partial charge in [0.2, 0.25) is 5.91 Å². The molecule has 1 aliphatic heterocycles. The molecule has 4 aliphatic rings. The summed E-state index contributed by atoms with van der Waals surface area (Å²) >= 11 is 0. The number of hydrogen-bond donors (Lipinski definition) is 3. The maximum atomic E-state index is 13.7. The zero-order valence-corrected chi connectivity index (χ0v) is 23.9. The van der Waals surface area contributed by atoms with E-state index in [1.165, 1.54) is 13.2 Å². The van der Waals surface area contributed by atoms with Crippen LogP contribution in [0.25, 0.3) is 0 Å². The normalized spacial score (nSPS) is 31.2. The highest BCUT2D eigenvalue weighted by Crippen LogP contribution is 2.49. The number of hydrogen-bond acceptors (Lipinski definition) is 7. The molecule has 1 aromatic carbocycles. The molecule has 5 rings (SSSR count). The van der Waals surface area contributed by atoms with Gasteiger partial charge in [0.15, 0.2) is 0 Å². The van der Waals surface area contributed by atoms with Crippen LogP contribution in [0, 0.1) is 40.4 Å². The average Bonchev–Trinajstić information content (AvgIpc) is 3.59. The molecule has 10 heteroatoms. The number of aliphatic carboxylic acids is 1. The Morgan fingerprint density at radius 3 is 2.44 bits per heavy atom. The van der Waals surface area contributed by atoms with E-state index in [-0.39, 0.29) is 64.3 Å². The number of amides is 2. The smallest absolute Gasteiger partial charge is 0.309 e. The fraction of sp³-hybridized carbons (Fsp3) is 0.677. The summed E-state index contributed by atoms with van der Waals surface area (Å²) in [5.41, 5.74) is -0.288. The first-order chi connectivity index (χ1) is 19.7. The van der Waals surface area contributed by atoms with Gasteiger partial charge < -0.3 is 30.0 Å². The lowest BCUT2D eigenvalue weighted by atomic mass is 9.75. The molecule has 3 N–H and O–H groups in total. The van der Waals surface area contributed by atoms with Gasteiger partial charge in [0, 0.05) is 31.9 Å². The molecule has 222 valence electrons. The summed E-state index contributed by atoms with van der Waals surface area (Å²) in [5, 5.41) is 25.6. The summed E-state index contributed by atoms with van der Waals surface area (Å²) in [6.07, 6.45) is 6.56. The Morgan fingerprint density at radius 1 is 1.07 bits per heavy atom. The summed E-state index contributed by atoms with van der Waals surface area (Å²) in [7, 11) is 1.45. The van der Waals surface area contributed by atoms with Gasteiger partial charge in [-0.25, -0.2) is 0 Å². The first kappa shape index (κ1) is 29.2. The van der Waals surface area contributed by atoms with Crippen molar-refractivity contribution < 1.29 is 33.7 Å². The molecule has 1 aromatic rings. The number of carbonyl (C=O) groups excluding carboxylic acids is 2. The second-order valence-electron chi connectivity index (χ2n) is 12.5. The Balaban J connectivity index is 1.29. The minimum atomic E-state index is -0.812. The first-order valence-corrected chi connectivity index (χ1v) is 14.9. The lowest BCUT2D eigenvalue weighted by molar-refractivity contribution is -0.150. The average molecular weight is 568 g/mol. The van der Waals surface area contributed by atoms with E-state index < -0.39 is 11.4 Å². The number of fused-ring (bicyclic) bond motifs is 2. The first-order valence-electron chi connectivity index (χ1n) is 14.9. The Kier molecular flexibility index (Phi) is 8.74. The van der Waals surface area contributed by atoms with Crippen LogP contribution < -0.4 is 20.1 Å². The van der Waals surface area contributed by atoms with Crippen molar-refractivity contribution in [2.24, 2.45) is 29.1 Å². The van der Waals surface area contributed by atoms with Crippen LogP contribution in [-0.4, -0.2) is 61.9 Å². The van der Waals surface area contributed by atoms with Gasteiger partial charge in [-0.2, -0.15) is 5.26 Å². The molecule has 3 aliphatic carbocycles. The summed E-state index contributed by atoms with van der Waals surface area (Å²) in [4.78, 5) is 38.7. The number of nitrogens with zero attached hydrogens (tertiary/aromatic N) is 1. The van der Waals surface area contributed by atoms with Crippen molar-refractivity contribution in [2.45, 2.75) is 76.9 Å². The molecule has 41 heavy (non-hydrogen) atoms. The van der Waals surface area contributed by atoms with E-state index in [1.54, 1.807) is 13.0 Å². The number of nitrogens with one attached hydrogen (secondary N) is 2. The molecule has 4 atom stereocenters. The van der Waals surface area contributed by atoms with Crippen LogP contribution in [0.3, 0.4) is 0 Å². The molecule has 1 saturated heterocycles. The van der Waals surface area contributed by atoms with Gasteiger partial charge in [-0.1, -0.05) is 0 Å². The van der Waals surface area contributed by atoms with Crippen molar-refractivity contribution >= 4 is 17.8 Å². The van der Waals surface area contributed by atoms with E-state index in [4.69, 9.17) is 14.2 Å². The number of methoxy groups -OCH3 is 1. The van der Waals surface area contributed by atoms with Crippen molar-refractivity contribution in [3.8, 4) is 17.6 Å². The predicted molar refractivity (Wildman–Crippen MR) is 148 cm³/mol. The number of nitriles is 1. The Labute approximate surface area is 241 Å². The van der Waals surface area contributed by atoms with E-state index in [9.17, 15) is 24.8 Å². The predicted octanol–water partition coefficient (Wildman–Crippen LogP) is 3.67. The highest BCUT2D eigenvalue weighted by molar-refractivity contribution is 5.98. The third kappa shape index (κ3) is 6.15. The quantitative estimate of drug-likeness (QED) is 0.410. The molecular weight excluding hydrogens is 526 g/mol. The molecule has 2 bridgehead atoms. The van der Waals surface area contributed by atoms with Gasteiger partial charge in [-0.05, 0) is 88.5 Å². The number of carbonyl (C=O) groups is 3. The molecular formula is C31H41N3O7. The molecule has 2 amide bonds. The number of benzene rings is 1. The molecule has 0 aromatic heterocycles. The minimum Gasteiger partial charge on any atom is -0.496 e. The SMILES string of the molecule is COc1cc(C#N)c(OC2CCC(C)(C(=O)O)CC2)cc1C(=O)NC1C2CCC(C2)C1C(=O)NCC1CCOCC1. The van der Waals surface area contributed by atoms with Crippen LogP contribution in [0.2, 0.25) is 0 Å². The maximum Gasteiger partial charge on any atom is 0.309 e. The van der Waals surface area contributed by atoms with Crippen LogP contribution in [0.4, 0.5) is 0 Å². The second kappa shape index (κ2) is 12.3. The van der Waals surface area contributed by atoms with Crippen molar-refractivity contribution in [3.05, 3.63) is 23.3 Å². The van der Waals surface area contributed by atoms with E-state index in [0.29, 0.717) is 38.1 Å². The fourth-order valence-corrected chi connectivity index (χ4v) is 7.25. The third-order valence-electron chi connectivity index (χ3n) is 9.94. The zero-order valence-electron chi connectivity index (χ0n) is 23.9. The lowest BCUT2D eigenvalue weighted by Gasteiger charge is -2.34. The van der Waals surface area contributed by atoms with Crippen LogP contribution in [0.5, 0.6) is 11.5 Å². The maximum absolute atomic E-state index is 13.7. The molecule has 1 heterocycles. The van der Waals surface area contributed by atoms with Crippen molar-refractivity contribution in [1.29, 1.82) is 5.26 Å². The molecule has 0 spiro atoms. The molecule has 0 radical (unpaired) electrons. The van der Waals surface area contributed by atoms with Crippen LogP contribution in [-0.2, 0) is 14.3 Å². The van der Waals surface area contributed by atoms with E-state index in [2.05, 4.69) is 16.7 Å². The summed E-state index contributed by atoms with van der Waals surface area (Å²) in [6.45, 7) is 3.84. The second-order valence-corrected chi connectivity index (χ2v) is 12.5. The highest BCUT2D eigenvalue weighted by atomic mass is 16.5. The zero-order chi connectivity index (χ0) is 29.1. The van der Waals surface area contributed by atoms with Crippen LogP contribution >= 0.6 is 0 Å². The molecule has 10 nitrogen and oxygen atoms in total. The third-order valence-corrected chi connectivity index (χ3v) is 9.94.